The summed E-state index contributed by atoms with van der Waals surface area (Å²) in [6, 6.07) is 33.9. The van der Waals surface area contributed by atoms with Crippen molar-refractivity contribution in [3.05, 3.63) is 163 Å². The van der Waals surface area contributed by atoms with Crippen molar-refractivity contribution >= 4 is 35.1 Å². The van der Waals surface area contributed by atoms with E-state index in [4.69, 9.17) is 52.4 Å². The fraction of sp³-hybridized carbons (Fsp3) is 0.269. The van der Waals surface area contributed by atoms with Crippen LogP contribution in [0.4, 0.5) is 0 Å². The molecule has 14 nitrogen and oxygen atoms in total. The molecule has 16 heteroatoms. The lowest BCUT2D eigenvalue weighted by molar-refractivity contribution is -0.138. The fourth-order valence-electron chi connectivity index (χ4n) is 7.19. The van der Waals surface area contributed by atoms with Gasteiger partial charge in [-0.05, 0) is 121 Å². The number of aromatic nitrogens is 2. The van der Waals surface area contributed by atoms with Gasteiger partial charge in [-0.15, -0.1) is 0 Å². The maximum absolute atomic E-state index is 11.0. The Balaban J connectivity index is 1.17. The van der Waals surface area contributed by atoms with E-state index in [2.05, 4.69) is 32.7 Å². The van der Waals surface area contributed by atoms with Gasteiger partial charge >= 0.3 is 11.9 Å². The SMILES string of the molecule is Cc1c(COc2nc(OCc3cccc(C#N)c3)c(CNCCCC(=O)O)cc2Cl)cccc1-c1cccc(COc2nc(OCc3cccc(C#N)c3)c(CNCCCC(=O)O)cc2Cl)c1C. The molecular weight excluding hydrogens is 908 g/mol. The number of nitrogens with zero attached hydrogens (tertiary/aromatic N) is 4. The third-order valence-electron chi connectivity index (χ3n) is 10.9. The molecule has 0 spiro atoms. The first kappa shape index (κ1) is 50.2. The van der Waals surface area contributed by atoms with Crippen LogP contribution in [-0.2, 0) is 49.1 Å². The highest BCUT2D eigenvalue weighted by Gasteiger charge is 2.18. The van der Waals surface area contributed by atoms with E-state index >= 15 is 0 Å². The summed E-state index contributed by atoms with van der Waals surface area (Å²) in [6.07, 6.45) is 0.985. The second kappa shape index (κ2) is 25.1. The van der Waals surface area contributed by atoms with Crippen LogP contribution >= 0.6 is 23.2 Å². The van der Waals surface area contributed by atoms with Gasteiger partial charge in [0.2, 0.25) is 23.5 Å². The Morgan fingerprint density at radius 3 is 1.35 bits per heavy atom. The van der Waals surface area contributed by atoms with Crippen molar-refractivity contribution in [2.75, 3.05) is 13.1 Å². The average Bonchev–Trinajstić information content (AvgIpc) is 3.33. The molecule has 4 aromatic carbocycles. The van der Waals surface area contributed by atoms with Gasteiger partial charge in [-0.25, -0.2) is 0 Å². The molecule has 0 unspecified atom stereocenters. The van der Waals surface area contributed by atoms with E-state index in [-0.39, 0.29) is 72.8 Å². The monoisotopic (exact) mass is 956 g/mol. The molecule has 0 atom stereocenters. The summed E-state index contributed by atoms with van der Waals surface area (Å²) >= 11 is 13.5. The molecule has 4 N–H and O–H groups in total. The molecule has 68 heavy (non-hydrogen) atoms. The smallest absolute Gasteiger partial charge is 0.303 e. The summed E-state index contributed by atoms with van der Waals surface area (Å²) < 4.78 is 24.9. The van der Waals surface area contributed by atoms with E-state index in [0.29, 0.717) is 61.3 Å². The van der Waals surface area contributed by atoms with E-state index < -0.39 is 11.9 Å². The van der Waals surface area contributed by atoms with Crippen LogP contribution in [0, 0.1) is 36.5 Å². The number of carbonyl (C=O) groups is 2. The van der Waals surface area contributed by atoms with Crippen molar-refractivity contribution in [1.82, 2.24) is 20.6 Å². The average molecular weight is 958 g/mol. The number of carboxylic acids is 2. The highest BCUT2D eigenvalue weighted by Crippen LogP contribution is 2.35. The molecule has 6 aromatic rings. The van der Waals surface area contributed by atoms with Crippen LogP contribution in [0.1, 0.15) is 81.3 Å². The van der Waals surface area contributed by atoms with Gasteiger partial charge in [0, 0.05) is 37.1 Å². The molecule has 0 aliphatic heterocycles. The van der Waals surface area contributed by atoms with Crippen molar-refractivity contribution in [2.24, 2.45) is 0 Å². The first-order chi connectivity index (χ1) is 32.9. The second-order valence-electron chi connectivity index (χ2n) is 15.8. The van der Waals surface area contributed by atoms with Crippen LogP contribution in [0.3, 0.4) is 0 Å². The van der Waals surface area contributed by atoms with Crippen molar-refractivity contribution in [3.8, 4) is 46.8 Å². The number of hydrogen-bond donors (Lipinski definition) is 4. The van der Waals surface area contributed by atoms with Crippen molar-refractivity contribution < 1.29 is 38.7 Å². The molecule has 0 saturated carbocycles. The van der Waals surface area contributed by atoms with E-state index in [0.717, 1.165) is 44.5 Å². The number of pyridine rings is 2. The first-order valence-corrected chi connectivity index (χ1v) is 22.6. The van der Waals surface area contributed by atoms with Crippen LogP contribution in [0.15, 0.2) is 97.1 Å². The number of aliphatic carboxylic acids is 2. The number of hydrogen-bond acceptors (Lipinski definition) is 12. The van der Waals surface area contributed by atoms with E-state index in [1.807, 2.05) is 62.4 Å². The normalized spacial score (nSPS) is 10.8. The summed E-state index contributed by atoms with van der Waals surface area (Å²) in [7, 11) is 0. The molecule has 0 saturated heterocycles. The van der Waals surface area contributed by atoms with Gasteiger partial charge < -0.3 is 39.8 Å². The van der Waals surface area contributed by atoms with Gasteiger partial charge in [0.05, 0.1) is 23.3 Å². The van der Waals surface area contributed by atoms with E-state index in [9.17, 15) is 20.1 Å². The Hall–Kier alpha value is -7.20. The van der Waals surface area contributed by atoms with Gasteiger partial charge in [-0.1, -0.05) is 83.9 Å². The summed E-state index contributed by atoms with van der Waals surface area (Å²) in [5.41, 5.74) is 9.66. The quantitative estimate of drug-likeness (QED) is 0.0394. The minimum Gasteiger partial charge on any atom is -0.481 e. The number of rotatable bonds is 25. The third kappa shape index (κ3) is 14.4. The lowest BCUT2D eigenvalue weighted by Crippen LogP contribution is -2.17. The zero-order valence-corrected chi connectivity index (χ0v) is 39.1. The van der Waals surface area contributed by atoms with Gasteiger partial charge in [0.1, 0.15) is 36.5 Å². The Morgan fingerprint density at radius 2 is 0.956 bits per heavy atom. The Bertz CT molecular complexity index is 2640. The number of halogens is 2. The molecule has 0 amide bonds. The molecule has 2 heterocycles. The highest BCUT2D eigenvalue weighted by molar-refractivity contribution is 6.32. The number of ether oxygens (including phenoxy) is 4. The van der Waals surface area contributed by atoms with Crippen LogP contribution in [0.25, 0.3) is 11.1 Å². The second-order valence-corrected chi connectivity index (χ2v) is 16.6. The van der Waals surface area contributed by atoms with E-state index in [1.165, 1.54) is 0 Å². The van der Waals surface area contributed by atoms with Gasteiger partial charge in [0.25, 0.3) is 0 Å². The largest absolute Gasteiger partial charge is 0.481 e. The van der Waals surface area contributed by atoms with Crippen molar-refractivity contribution in [3.63, 3.8) is 0 Å². The minimum absolute atomic E-state index is 0.0429. The lowest BCUT2D eigenvalue weighted by Gasteiger charge is -2.18. The van der Waals surface area contributed by atoms with Crippen molar-refractivity contribution in [1.29, 1.82) is 10.5 Å². The molecule has 0 aliphatic rings. The van der Waals surface area contributed by atoms with E-state index in [1.54, 1.807) is 48.5 Å². The fourth-order valence-corrected chi connectivity index (χ4v) is 7.65. The van der Waals surface area contributed by atoms with Crippen LogP contribution in [-0.4, -0.2) is 45.2 Å². The third-order valence-corrected chi connectivity index (χ3v) is 11.4. The number of nitriles is 2. The standard InChI is InChI=1S/C52H50Cl2N6O8/c1-33-39(31-67-51-45(53)23-41(27-57-19-7-17-47(61)62)49(59-51)65-29-37-11-3-9-35(21-37)25-55)13-5-15-43(33)44-16-6-14-40(34(44)2)32-68-52-46(54)24-42(28-58-20-8-18-48(63)64)50(60-52)66-30-38-12-4-10-36(22-38)26-56/h3-6,9-16,21-24,57-58H,7-8,17-20,27-32H2,1-2H3,(H,61,62)(H,63,64). The number of carboxylic acid groups (broad SMARTS) is 2. The predicted molar refractivity (Wildman–Crippen MR) is 257 cm³/mol. The first-order valence-electron chi connectivity index (χ1n) is 21.8. The minimum atomic E-state index is -0.864. The molecule has 0 bridgehead atoms. The molecule has 2 aromatic heterocycles. The topological polar surface area (TPSA) is 209 Å². The van der Waals surface area contributed by atoms with Crippen LogP contribution < -0.4 is 29.6 Å². The van der Waals surface area contributed by atoms with Crippen LogP contribution in [0.2, 0.25) is 10.0 Å². The molecular formula is C52H50Cl2N6O8. The molecule has 0 fully saturated rings. The molecule has 0 radical (unpaired) electrons. The zero-order valence-electron chi connectivity index (χ0n) is 37.6. The Morgan fingerprint density at radius 1 is 0.559 bits per heavy atom. The summed E-state index contributed by atoms with van der Waals surface area (Å²) in [4.78, 5) is 31.4. The number of nitrogens with one attached hydrogen (secondary N) is 2. The molecule has 350 valence electrons. The maximum atomic E-state index is 11.0. The Labute approximate surface area is 405 Å². The predicted octanol–water partition coefficient (Wildman–Crippen LogP) is 10.0. The maximum Gasteiger partial charge on any atom is 0.303 e. The summed E-state index contributed by atoms with van der Waals surface area (Å²) in [5.74, 6) is -0.794. The summed E-state index contributed by atoms with van der Waals surface area (Å²) in [5, 5.41) is 43.8. The lowest BCUT2D eigenvalue weighted by atomic mass is 9.92. The Kier molecular flexibility index (Phi) is 18.5. The number of benzene rings is 4. The van der Waals surface area contributed by atoms with Crippen LogP contribution in [0.5, 0.6) is 23.5 Å². The zero-order chi connectivity index (χ0) is 48.4. The van der Waals surface area contributed by atoms with Gasteiger partial charge in [-0.2, -0.15) is 20.5 Å². The summed E-state index contributed by atoms with van der Waals surface area (Å²) in [6.45, 7) is 6.22. The van der Waals surface area contributed by atoms with Crippen molar-refractivity contribution in [2.45, 2.75) is 79.0 Å². The van der Waals surface area contributed by atoms with Gasteiger partial charge in [0.15, 0.2) is 0 Å². The highest BCUT2D eigenvalue weighted by atomic mass is 35.5. The van der Waals surface area contributed by atoms with Gasteiger partial charge in [-0.3, -0.25) is 9.59 Å². The molecule has 6 rings (SSSR count). The molecule has 0 aliphatic carbocycles.